The topological polar surface area (TPSA) is 92.3 Å². The molecule has 2 heterocycles. The minimum absolute atomic E-state index is 0.146. The van der Waals surface area contributed by atoms with E-state index in [4.69, 9.17) is 0 Å². The summed E-state index contributed by atoms with van der Waals surface area (Å²) in [4.78, 5) is 12.7. The number of carbonyl (C=O) groups excluding carboxylic acids is 1. The Kier molecular flexibility index (Phi) is 6.63. The van der Waals surface area contributed by atoms with Crippen LogP contribution in [0.5, 0.6) is 0 Å². The molecule has 4 rings (SSSR count). The Morgan fingerprint density at radius 2 is 1.81 bits per heavy atom. The number of benzene rings is 2. The average Bonchev–Trinajstić information content (AvgIpc) is 3.24. The molecule has 0 saturated carbocycles. The number of carbonyl (C=O) groups is 1. The van der Waals surface area contributed by atoms with Crippen LogP contribution in [-0.2, 0) is 20.6 Å². The van der Waals surface area contributed by atoms with Gasteiger partial charge >= 0.3 is 0 Å². The van der Waals surface area contributed by atoms with Crippen LogP contribution in [-0.4, -0.2) is 41.9 Å². The predicted octanol–water partition coefficient (Wildman–Crippen LogP) is 3.83. The predicted molar refractivity (Wildman–Crippen MR) is 122 cm³/mol. The fourth-order valence-corrected chi connectivity index (χ4v) is 5.92. The van der Waals surface area contributed by atoms with E-state index in [1.807, 2.05) is 31.2 Å². The number of piperidine rings is 1. The molecular formula is C22H23FN4O3S2. The first-order valence-corrected chi connectivity index (χ1v) is 12.7. The van der Waals surface area contributed by atoms with Crippen LogP contribution < -0.4 is 5.32 Å². The number of nitrogens with zero attached hydrogens (tertiary/aromatic N) is 3. The molecule has 0 atom stereocenters. The second-order valence-electron chi connectivity index (χ2n) is 7.79. The third-order valence-corrected chi connectivity index (χ3v) is 8.18. The van der Waals surface area contributed by atoms with Crippen LogP contribution in [0, 0.1) is 18.7 Å². The Morgan fingerprint density at radius 3 is 2.50 bits per heavy atom. The van der Waals surface area contributed by atoms with Gasteiger partial charge in [0.25, 0.3) is 0 Å². The zero-order valence-electron chi connectivity index (χ0n) is 17.5. The third kappa shape index (κ3) is 5.20. The van der Waals surface area contributed by atoms with E-state index in [1.54, 1.807) is 6.07 Å². The number of aryl methyl sites for hydroxylation is 1. The highest BCUT2D eigenvalue weighted by Gasteiger charge is 2.32. The largest absolute Gasteiger partial charge is 0.300 e. The SMILES string of the molecule is Cc1ccc(-c2nnc(NC(=O)C3CCN(S(=O)(=O)Cc4ccccc4F)CC3)s2)cc1. The number of hydrogen-bond donors (Lipinski definition) is 1. The maximum absolute atomic E-state index is 13.8. The van der Waals surface area contributed by atoms with Gasteiger partial charge in [-0.1, -0.05) is 59.4 Å². The fraction of sp³-hybridized carbons (Fsp3) is 0.318. The van der Waals surface area contributed by atoms with Crippen molar-refractivity contribution in [2.45, 2.75) is 25.5 Å². The van der Waals surface area contributed by atoms with Gasteiger partial charge in [0.05, 0.1) is 5.75 Å². The van der Waals surface area contributed by atoms with Gasteiger partial charge in [-0.2, -0.15) is 0 Å². The Hall–Kier alpha value is -2.69. The van der Waals surface area contributed by atoms with E-state index < -0.39 is 15.8 Å². The Bertz CT molecular complexity index is 1200. The molecule has 0 bridgehead atoms. The number of sulfonamides is 1. The van der Waals surface area contributed by atoms with Crippen LogP contribution in [0.1, 0.15) is 24.0 Å². The van der Waals surface area contributed by atoms with E-state index in [-0.39, 0.29) is 36.2 Å². The number of amides is 1. The Balaban J connectivity index is 1.33. The van der Waals surface area contributed by atoms with E-state index in [9.17, 15) is 17.6 Å². The van der Waals surface area contributed by atoms with Gasteiger partial charge in [-0.3, -0.25) is 4.79 Å². The summed E-state index contributed by atoms with van der Waals surface area (Å²) < 4.78 is 40.5. The zero-order chi connectivity index (χ0) is 22.7. The molecule has 0 radical (unpaired) electrons. The van der Waals surface area contributed by atoms with Crippen molar-refractivity contribution in [1.29, 1.82) is 0 Å². The average molecular weight is 475 g/mol. The zero-order valence-corrected chi connectivity index (χ0v) is 19.1. The summed E-state index contributed by atoms with van der Waals surface area (Å²) in [5.41, 5.74) is 2.23. The number of halogens is 1. The number of anilines is 1. The highest BCUT2D eigenvalue weighted by molar-refractivity contribution is 7.88. The van der Waals surface area contributed by atoms with Crippen LogP contribution in [0.3, 0.4) is 0 Å². The molecule has 1 aliphatic rings. The lowest BCUT2D eigenvalue weighted by Crippen LogP contribution is -2.42. The molecule has 1 N–H and O–H groups in total. The van der Waals surface area contributed by atoms with Crippen molar-refractivity contribution in [2.24, 2.45) is 5.92 Å². The van der Waals surface area contributed by atoms with Crippen molar-refractivity contribution < 1.29 is 17.6 Å². The van der Waals surface area contributed by atoms with Crippen molar-refractivity contribution >= 4 is 32.4 Å². The van der Waals surface area contributed by atoms with Gasteiger partial charge in [-0.25, -0.2) is 17.1 Å². The summed E-state index contributed by atoms with van der Waals surface area (Å²) in [6, 6.07) is 13.8. The Labute approximate surface area is 190 Å². The maximum Gasteiger partial charge on any atom is 0.229 e. The van der Waals surface area contributed by atoms with E-state index >= 15 is 0 Å². The lowest BCUT2D eigenvalue weighted by Gasteiger charge is -2.30. The second-order valence-corrected chi connectivity index (χ2v) is 10.7. The summed E-state index contributed by atoms with van der Waals surface area (Å²) in [6.07, 6.45) is 0.790. The van der Waals surface area contributed by atoms with Crippen molar-refractivity contribution in [3.63, 3.8) is 0 Å². The van der Waals surface area contributed by atoms with Crippen molar-refractivity contribution in [3.05, 3.63) is 65.5 Å². The van der Waals surface area contributed by atoms with Gasteiger partial charge in [-0.05, 0) is 25.8 Å². The summed E-state index contributed by atoms with van der Waals surface area (Å²) in [7, 11) is -3.66. The molecule has 1 fully saturated rings. The number of hydrogen-bond acceptors (Lipinski definition) is 6. The third-order valence-electron chi connectivity index (χ3n) is 5.47. The first-order valence-electron chi connectivity index (χ1n) is 10.2. The molecule has 1 aromatic heterocycles. The van der Waals surface area contributed by atoms with Gasteiger partial charge in [-0.15, -0.1) is 10.2 Å². The van der Waals surface area contributed by atoms with Crippen LogP contribution in [0.2, 0.25) is 0 Å². The monoisotopic (exact) mass is 474 g/mol. The van der Waals surface area contributed by atoms with Crippen LogP contribution in [0.15, 0.2) is 48.5 Å². The standard InChI is InChI=1S/C22H23FN4O3S2/c1-15-6-8-17(9-7-15)21-25-26-22(31-21)24-20(28)16-10-12-27(13-11-16)32(29,30)14-18-4-2-3-5-19(18)23/h2-9,16H,10-14H2,1H3,(H,24,26,28). The van der Waals surface area contributed by atoms with Gasteiger partial charge in [0.2, 0.25) is 21.1 Å². The minimum Gasteiger partial charge on any atom is -0.300 e. The molecule has 1 amide bonds. The summed E-state index contributed by atoms with van der Waals surface area (Å²) in [5.74, 6) is -1.43. The van der Waals surface area contributed by atoms with E-state index in [0.717, 1.165) is 11.1 Å². The summed E-state index contributed by atoms with van der Waals surface area (Å²) in [5, 5.41) is 12.1. The van der Waals surface area contributed by atoms with E-state index in [1.165, 1.54) is 33.8 Å². The molecule has 10 heteroatoms. The molecule has 7 nitrogen and oxygen atoms in total. The summed E-state index contributed by atoms with van der Waals surface area (Å²) >= 11 is 1.30. The van der Waals surface area contributed by atoms with E-state index in [2.05, 4.69) is 15.5 Å². The smallest absolute Gasteiger partial charge is 0.229 e. The van der Waals surface area contributed by atoms with Crippen LogP contribution in [0.25, 0.3) is 10.6 Å². The Morgan fingerprint density at radius 1 is 1.12 bits per heavy atom. The first-order chi connectivity index (χ1) is 15.3. The van der Waals surface area contributed by atoms with Gasteiger partial charge in [0.15, 0.2) is 0 Å². The van der Waals surface area contributed by atoms with Gasteiger partial charge in [0, 0.05) is 30.1 Å². The number of rotatable bonds is 6. The molecule has 0 spiro atoms. The number of nitrogens with one attached hydrogen (secondary N) is 1. The van der Waals surface area contributed by atoms with Gasteiger partial charge in [0.1, 0.15) is 10.8 Å². The molecule has 3 aromatic rings. The lowest BCUT2D eigenvalue weighted by molar-refractivity contribution is -0.120. The quantitative estimate of drug-likeness (QED) is 0.586. The first kappa shape index (κ1) is 22.5. The van der Waals surface area contributed by atoms with Gasteiger partial charge < -0.3 is 5.32 Å². The maximum atomic E-state index is 13.8. The second kappa shape index (κ2) is 9.43. The molecular weight excluding hydrogens is 451 g/mol. The summed E-state index contributed by atoms with van der Waals surface area (Å²) in [6.45, 7) is 2.45. The van der Waals surface area contributed by atoms with Crippen LogP contribution >= 0.6 is 11.3 Å². The minimum atomic E-state index is -3.66. The molecule has 0 aliphatic carbocycles. The highest BCUT2D eigenvalue weighted by atomic mass is 32.2. The van der Waals surface area contributed by atoms with Crippen LogP contribution in [0.4, 0.5) is 9.52 Å². The molecule has 168 valence electrons. The van der Waals surface area contributed by atoms with Crippen molar-refractivity contribution in [3.8, 4) is 10.6 Å². The molecule has 1 saturated heterocycles. The van der Waals surface area contributed by atoms with Crippen molar-refractivity contribution in [1.82, 2.24) is 14.5 Å². The van der Waals surface area contributed by atoms with Crippen molar-refractivity contribution in [2.75, 3.05) is 18.4 Å². The van der Waals surface area contributed by atoms with E-state index in [0.29, 0.717) is 23.0 Å². The molecule has 0 unspecified atom stereocenters. The normalized spacial score (nSPS) is 15.6. The fourth-order valence-electron chi connectivity index (χ4n) is 3.59. The molecule has 1 aliphatic heterocycles. The lowest BCUT2D eigenvalue weighted by atomic mass is 9.97. The number of aromatic nitrogens is 2. The molecule has 2 aromatic carbocycles. The highest BCUT2D eigenvalue weighted by Crippen LogP contribution is 2.28. The molecule has 32 heavy (non-hydrogen) atoms.